The number of benzene rings is 1. The van der Waals surface area contributed by atoms with Gasteiger partial charge in [0.1, 0.15) is 11.4 Å². The van der Waals surface area contributed by atoms with Crippen molar-refractivity contribution in [3.8, 4) is 0 Å². The molecule has 1 fully saturated rings. The number of aryl methyl sites for hydroxylation is 1. The van der Waals surface area contributed by atoms with Gasteiger partial charge in [0.05, 0.1) is 30.7 Å². The zero-order valence-corrected chi connectivity index (χ0v) is 17.5. The van der Waals surface area contributed by atoms with Crippen LogP contribution in [-0.4, -0.2) is 59.5 Å². The topological polar surface area (TPSA) is 82.8 Å². The summed E-state index contributed by atoms with van der Waals surface area (Å²) >= 11 is 1.20. The molecule has 0 bridgehead atoms. The average molecular weight is 429 g/mol. The Kier molecular flexibility index (Phi) is 6.12. The predicted molar refractivity (Wildman–Crippen MR) is 114 cm³/mol. The third kappa shape index (κ3) is 4.09. The minimum atomic E-state index is -0.545. The number of esters is 1. The average Bonchev–Trinajstić information content (AvgIpc) is 3.22. The molecule has 4 rings (SSSR count). The molecule has 0 radical (unpaired) electrons. The molecule has 8 nitrogen and oxygen atoms in total. The number of carbonyl (C=O) groups excluding carboxylic acids is 1. The number of hydrogen-bond donors (Lipinski definition) is 0. The van der Waals surface area contributed by atoms with Crippen molar-refractivity contribution in [3.63, 3.8) is 0 Å². The first-order chi connectivity index (χ1) is 14.6. The van der Waals surface area contributed by atoms with E-state index in [-0.39, 0.29) is 24.1 Å². The summed E-state index contributed by atoms with van der Waals surface area (Å²) < 4.78 is 13.3. The molecule has 9 heteroatoms. The number of rotatable bonds is 6. The van der Waals surface area contributed by atoms with Crippen molar-refractivity contribution in [2.75, 3.05) is 39.5 Å². The normalized spacial score (nSPS) is 14.8. The minimum absolute atomic E-state index is 0.143. The largest absolute Gasteiger partial charge is 0.461 e. The van der Waals surface area contributed by atoms with Crippen LogP contribution in [0, 0.1) is 0 Å². The van der Waals surface area contributed by atoms with E-state index in [9.17, 15) is 14.4 Å². The van der Waals surface area contributed by atoms with Gasteiger partial charge in [0.15, 0.2) is 0 Å². The molecule has 2 aromatic heterocycles. The van der Waals surface area contributed by atoms with Crippen LogP contribution in [0.15, 0.2) is 45.3 Å². The Morgan fingerprint density at radius 2 is 1.90 bits per heavy atom. The molecule has 1 aliphatic heterocycles. The van der Waals surface area contributed by atoms with E-state index in [4.69, 9.17) is 9.47 Å². The van der Waals surface area contributed by atoms with Crippen LogP contribution in [0.5, 0.6) is 0 Å². The van der Waals surface area contributed by atoms with Gasteiger partial charge in [0.2, 0.25) is 0 Å². The van der Waals surface area contributed by atoms with E-state index >= 15 is 0 Å². The van der Waals surface area contributed by atoms with Crippen molar-refractivity contribution in [3.05, 3.63) is 67.7 Å². The fraction of sp³-hybridized carbons (Fsp3) is 0.381. The molecule has 0 amide bonds. The van der Waals surface area contributed by atoms with Crippen LogP contribution in [0.4, 0.5) is 0 Å². The third-order valence-corrected chi connectivity index (χ3v) is 6.26. The van der Waals surface area contributed by atoms with Gasteiger partial charge in [-0.3, -0.25) is 18.8 Å². The molecule has 1 aliphatic rings. The monoisotopic (exact) mass is 429 g/mol. The van der Waals surface area contributed by atoms with Crippen molar-refractivity contribution < 1.29 is 14.3 Å². The number of hydrogen-bond acceptors (Lipinski definition) is 7. The minimum Gasteiger partial charge on any atom is -0.461 e. The van der Waals surface area contributed by atoms with Crippen LogP contribution in [0.2, 0.25) is 0 Å². The molecular weight excluding hydrogens is 406 g/mol. The lowest BCUT2D eigenvalue weighted by atomic mass is 10.2. The first kappa shape index (κ1) is 20.5. The number of ether oxygens (including phenoxy) is 2. The van der Waals surface area contributed by atoms with E-state index in [1.54, 1.807) is 12.4 Å². The maximum absolute atomic E-state index is 13.1. The first-order valence-corrected chi connectivity index (χ1v) is 10.7. The Hall–Kier alpha value is -2.75. The van der Waals surface area contributed by atoms with E-state index in [0.29, 0.717) is 24.6 Å². The van der Waals surface area contributed by atoms with Gasteiger partial charge < -0.3 is 9.47 Å². The number of nitrogens with zero attached hydrogens (tertiary/aromatic N) is 3. The summed E-state index contributed by atoms with van der Waals surface area (Å²) in [6, 6.07) is 9.28. The van der Waals surface area contributed by atoms with Crippen LogP contribution < -0.4 is 11.2 Å². The van der Waals surface area contributed by atoms with Crippen LogP contribution in [0.25, 0.3) is 10.2 Å². The molecular formula is C21H23N3O5S. The molecule has 1 aromatic carbocycles. The van der Waals surface area contributed by atoms with Gasteiger partial charge in [-0.05, 0) is 5.56 Å². The number of morpholine rings is 1. The van der Waals surface area contributed by atoms with Crippen molar-refractivity contribution in [2.24, 2.45) is 7.05 Å². The zero-order valence-electron chi connectivity index (χ0n) is 16.7. The number of fused-ring (bicyclic) bond motifs is 1. The molecule has 0 spiro atoms. The number of carbonyl (C=O) groups is 1. The molecule has 158 valence electrons. The fourth-order valence-corrected chi connectivity index (χ4v) is 4.51. The number of aromatic nitrogens is 2. The van der Waals surface area contributed by atoms with Crippen molar-refractivity contribution >= 4 is 27.5 Å². The quantitative estimate of drug-likeness (QED) is 0.550. The van der Waals surface area contributed by atoms with Crippen LogP contribution >= 0.6 is 11.3 Å². The Morgan fingerprint density at radius 1 is 1.17 bits per heavy atom. The summed E-state index contributed by atoms with van der Waals surface area (Å²) in [5.41, 5.74) is 0.157. The highest BCUT2D eigenvalue weighted by Gasteiger charge is 2.22. The van der Waals surface area contributed by atoms with E-state index in [2.05, 4.69) is 4.90 Å². The smallest absolute Gasteiger partial charge is 0.339 e. The standard InChI is InChI=1S/C21H23N3O5S/c1-22-19-17(18(25)24(21(22)27)13-15-5-3-2-4-6-15)16(14-30-19)20(26)29-12-9-23-7-10-28-11-8-23/h2-6,14H,7-13H2,1H3. The third-order valence-electron chi connectivity index (χ3n) is 5.20. The Balaban J connectivity index is 1.60. The van der Waals surface area contributed by atoms with Gasteiger partial charge in [-0.2, -0.15) is 0 Å². The fourth-order valence-electron chi connectivity index (χ4n) is 3.52. The Bertz CT molecular complexity index is 1160. The van der Waals surface area contributed by atoms with Gasteiger partial charge in [0, 0.05) is 32.1 Å². The lowest BCUT2D eigenvalue weighted by Crippen LogP contribution is -2.39. The van der Waals surface area contributed by atoms with Gasteiger partial charge >= 0.3 is 11.7 Å². The molecule has 0 saturated carbocycles. The molecule has 0 aliphatic carbocycles. The molecule has 30 heavy (non-hydrogen) atoms. The predicted octanol–water partition coefficient (Wildman–Crippen LogP) is 1.30. The summed E-state index contributed by atoms with van der Waals surface area (Å²) in [6.07, 6.45) is 0. The van der Waals surface area contributed by atoms with Crippen LogP contribution in [-0.2, 0) is 23.1 Å². The van der Waals surface area contributed by atoms with E-state index in [0.717, 1.165) is 23.2 Å². The van der Waals surface area contributed by atoms with Gasteiger partial charge in [-0.1, -0.05) is 30.3 Å². The maximum Gasteiger partial charge on any atom is 0.339 e. The summed E-state index contributed by atoms with van der Waals surface area (Å²) in [7, 11) is 1.61. The van der Waals surface area contributed by atoms with E-state index < -0.39 is 17.2 Å². The van der Waals surface area contributed by atoms with E-state index in [1.807, 2.05) is 30.3 Å². The second kappa shape index (κ2) is 8.95. The molecule has 0 unspecified atom stereocenters. The molecule has 0 atom stereocenters. The second-order valence-corrected chi connectivity index (χ2v) is 8.00. The van der Waals surface area contributed by atoms with Crippen LogP contribution in [0.3, 0.4) is 0 Å². The summed E-state index contributed by atoms with van der Waals surface area (Å²) in [5.74, 6) is -0.545. The van der Waals surface area contributed by atoms with Gasteiger partial charge in [-0.15, -0.1) is 11.3 Å². The molecule has 0 N–H and O–H groups in total. The lowest BCUT2D eigenvalue weighted by molar-refractivity contribution is 0.0196. The number of thiophene rings is 1. The Labute approximate surface area is 176 Å². The highest BCUT2D eigenvalue weighted by Crippen LogP contribution is 2.22. The molecule has 1 saturated heterocycles. The van der Waals surface area contributed by atoms with Crippen molar-refractivity contribution in [2.45, 2.75) is 6.54 Å². The van der Waals surface area contributed by atoms with Gasteiger partial charge in [-0.25, -0.2) is 9.59 Å². The highest BCUT2D eigenvalue weighted by molar-refractivity contribution is 7.17. The highest BCUT2D eigenvalue weighted by atomic mass is 32.1. The Morgan fingerprint density at radius 3 is 2.63 bits per heavy atom. The SMILES string of the molecule is Cn1c(=O)n(Cc2ccccc2)c(=O)c2c(C(=O)OCCN3CCOCC3)csc21. The molecule has 3 aromatic rings. The lowest BCUT2D eigenvalue weighted by Gasteiger charge is -2.26. The summed E-state index contributed by atoms with van der Waals surface area (Å²) in [5, 5.41) is 1.82. The zero-order chi connectivity index (χ0) is 21.1. The summed E-state index contributed by atoms with van der Waals surface area (Å²) in [6.45, 7) is 3.98. The first-order valence-electron chi connectivity index (χ1n) is 9.78. The summed E-state index contributed by atoms with van der Waals surface area (Å²) in [4.78, 5) is 41.2. The van der Waals surface area contributed by atoms with Crippen LogP contribution in [0.1, 0.15) is 15.9 Å². The molecule has 3 heterocycles. The second-order valence-electron chi connectivity index (χ2n) is 7.14. The van der Waals surface area contributed by atoms with Crippen molar-refractivity contribution in [1.29, 1.82) is 0 Å². The maximum atomic E-state index is 13.1. The van der Waals surface area contributed by atoms with E-state index in [1.165, 1.54) is 15.9 Å². The van der Waals surface area contributed by atoms with Crippen molar-refractivity contribution in [1.82, 2.24) is 14.0 Å². The van der Waals surface area contributed by atoms with Gasteiger partial charge in [0.25, 0.3) is 5.56 Å².